The quantitative estimate of drug-likeness (QED) is 0.563. The van der Waals surface area contributed by atoms with Crippen LogP contribution in [0.15, 0.2) is 41.4 Å². The van der Waals surface area contributed by atoms with Crippen LogP contribution in [0.2, 0.25) is 0 Å². The van der Waals surface area contributed by atoms with Crippen LogP contribution in [0.5, 0.6) is 0 Å². The molecule has 0 saturated carbocycles. The van der Waals surface area contributed by atoms with Gasteiger partial charge in [0.05, 0.1) is 12.6 Å². The zero-order valence-corrected chi connectivity index (χ0v) is 14.8. The summed E-state index contributed by atoms with van der Waals surface area (Å²) in [5.41, 5.74) is 2.10. The molecule has 2 rings (SSSR count). The van der Waals surface area contributed by atoms with Crippen molar-refractivity contribution in [1.82, 2.24) is 10.6 Å². The lowest BCUT2D eigenvalue weighted by atomic mass is 10.1. The van der Waals surface area contributed by atoms with Crippen LogP contribution in [-0.2, 0) is 6.54 Å². The number of rotatable bonds is 6. The van der Waals surface area contributed by atoms with E-state index in [1.54, 1.807) is 11.3 Å². The number of aliphatic hydroxyl groups is 1. The molecule has 124 valence electrons. The summed E-state index contributed by atoms with van der Waals surface area (Å²) in [4.78, 5) is 7.10. The molecule has 0 spiro atoms. The Balaban J connectivity index is 1.91. The van der Waals surface area contributed by atoms with E-state index in [9.17, 15) is 5.11 Å². The molecule has 5 heteroatoms. The largest absolute Gasteiger partial charge is 0.387 e. The highest BCUT2D eigenvalue weighted by Crippen LogP contribution is 2.16. The third-order valence-corrected chi connectivity index (χ3v) is 4.44. The second kappa shape index (κ2) is 8.70. The Hall–Kier alpha value is -1.85. The van der Waals surface area contributed by atoms with Gasteiger partial charge in [-0.1, -0.05) is 29.8 Å². The van der Waals surface area contributed by atoms with E-state index in [1.807, 2.05) is 38.1 Å². The smallest absolute Gasteiger partial charge is 0.191 e. The molecule has 0 aliphatic rings. The molecule has 1 aromatic carbocycles. The van der Waals surface area contributed by atoms with Crippen LogP contribution >= 0.6 is 11.3 Å². The van der Waals surface area contributed by atoms with Crippen molar-refractivity contribution in [2.75, 3.05) is 13.1 Å². The van der Waals surface area contributed by atoms with Crippen molar-refractivity contribution in [3.63, 3.8) is 0 Å². The number of thiophene rings is 1. The number of benzene rings is 1. The lowest BCUT2D eigenvalue weighted by Gasteiger charge is -2.15. The van der Waals surface area contributed by atoms with Gasteiger partial charge in [-0.05, 0) is 38.5 Å². The van der Waals surface area contributed by atoms with Gasteiger partial charge in [0.15, 0.2) is 5.96 Å². The van der Waals surface area contributed by atoms with E-state index in [1.165, 1.54) is 15.3 Å². The zero-order chi connectivity index (χ0) is 16.7. The maximum atomic E-state index is 10.3. The molecular weight excluding hydrogens is 306 g/mol. The van der Waals surface area contributed by atoms with Crippen molar-refractivity contribution >= 4 is 17.3 Å². The first kappa shape index (κ1) is 17.5. The molecule has 0 aliphatic heterocycles. The fraction of sp³-hybridized carbons (Fsp3) is 0.389. The number of nitrogens with one attached hydrogen (secondary N) is 2. The van der Waals surface area contributed by atoms with E-state index in [-0.39, 0.29) is 0 Å². The Bertz CT molecular complexity index is 634. The number of aliphatic hydroxyl groups excluding tert-OH is 1. The molecule has 2 aromatic rings. The number of hydrogen-bond acceptors (Lipinski definition) is 3. The number of aliphatic imine (C=N–C) groups is 1. The van der Waals surface area contributed by atoms with Crippen molar-refractivity contribution in [3.05, 3.63) is 57.3 Å². The fourth-order valence-electron chi connectivity index (χ4n) is 2.17. The van der Waals surface area contributed by atoms with Crippen molar-refractivity contribution in [2.45, 2.75) is 33.4 Å². The Morgan fingerprint density at radius 1 is 1.13 bits per heavy atom. The molecule has 0 amide bonds. The van der Waals surface area contributed by atoms with E-state index >= 15 is 0 Å². The number of aryl methyl sites for hydroxylation is 2. The minimum Gasteiger partial charge on any atom is -0.387 e. The first-order chi connectivity index (χ1) is 11.1. The van der Waals surface area contributed by atoms with Gasteiger partial charge in [0.25, 0.3) is 0 Å². The summed E-state index contributed by atoms with van der Waals surface area (Å²) in [7, 11) is 0. The zero-order valence-electron chi connectivity index (χ0n) is 14.0. The van der Waals surface area contributed by atoms with Crippen LogP contribution < -0.4 is 10.6 Å². The first-order valence-corrected chi connectivity index (χ1v) is 8.72. The molecular formula is C18H25N3OS. The average Bonchev–Trinajstić information content (AvgIpc) is 2.96. The number of guanidine groups is 1. The summed E-state index contributed by atoms with van der Waals surface area (Å²) < 4.78 is 0. The lowest BCUT2D eigenvalue weighted by Crippen LogP contribution is -2.39. The topological polar surface area (TPSA) is 56.7 Å². The Kier molecular flexibility index (Phi) is 6.62. The third-order valence-electron chi connectivity index (χ3n) is 3.46. The maximum Gasteiger partial charge on any atom is 0.191 e. The van der Waals surface area contributed by atoms with Crippen molar-refractivity contribution in [1.29, 1.82) is 0 Å². The molecule has 3 N–H and O–H groups in total. The Morgan fingerprint density at radius 2 is 1.87 bits per heavy atom. The van der Waals surface area contributed by atoms with Gasteiger partial charge in [-0.3, -0.25) is 0 Å². The lowest BCUT2D eigenvalue weighted by molar-refractivity contribution is 0.181. The SMILES string of the molecule is CCNC(=NCc1ccc(C)s1)NCC(O)c1ccc(C)cc1. The van der Waals surface area contributed by atoms with Gasteiger partial charge in [0.1, 0.15) is 0 Å². The van der Waals surface area contributed by atoms with Crippen LogP contribution in [0.25, 0.3) is 0 Å². The summed E-state index contributed by atoms with van der Waals surface area (Å²) in [5.74, 6) is 0.727. The van der Waals surface area contributed by atoms with E-state index < -0.39 is 6.10 Å². The van der Waals surface area contributed by atoms with E-state index in [0.29, 0.717) is 13.1 Å². The first-order valence-electron chi connectivity index (χ1n) is 7.90. The van der Waals surface area contributed by atoms with E-state index in [2.05, 4.69) is 34.7 Å². The predicted molar refractivity (Wildman–Crippen MR) is 98.0 cm³/mol. The van der Waals surface area contributed by atoms with Gasteiger partial charge in [-0.15, -0.1) is 11.3 Å². The molecule has 0 saturated heterocycles. The van der Waals surface area contributed by atoms with Gasteiger partial charge < -0.3 is 15.7 Å². The molecule has 1 unspecified atom stereocenters. The van der Waals surface area contributed by atoms with Crippen molar-refractivity contribution in [2.24, 2.45) is 4.99 Å². The molecule has 0 aliphatic carbocycles. The fourth-order valence-corrected chi connectivity index (χ4v) is 2.98. The van der Waals surface area contributed by atoms with Crippen LogP contribution in [0.4, 0.5) is 0 Å². The molecule has 23 heavy (non-hydrogen) atoms. The van der Waals surface area contributed by atoms with Gasteiger partial charge in [0, 0.05) is 22.8 Å². The number of hydrogen-bond donors (Lipinski definition) is 3. The summed E-state index contributed by atoms with van der Waals surface area (Å²) in [6, 6.07) is 12.2. The standard InChI is InChI=1S/C18H25N3OS/c1-4-19-18(20-11-16-10-7-14(3)23-16)21-12-17(22)15-8-5-13(2)6-9-15/h5-10,17,22H,4,11-12H2,1-3H3,(H2,19,20,21). The van der Waals surface area contributed by atoms with Gasteiger partial charge >= 0.3 is 0 Å². The van der Waals surface area contributed by atoms with E-state index in [0.717, 1.165) is 18.1 Å². The molecule has 0 bridgehead atoms. The molecule has 1 atom stereocenters. The molecule has 0 fully saturated rings. The van der Waals surface area contributed by atoms with Gasteiger partial charge in [0.2, 0.25) is 0 Å². The van der Waals surface area contributed by atoms with Crippen molar-refractivity contribution < 1.29 is 5.11 Å². The normalized spacial score (nSPS) is 13.0. The Labute approximate surface area is 142 Å². The van der Waals surface area contributed by atoms with Gasteiger partial charge in [-0.25, -0.2) is 4.99 Å². The minimum absolute atomic E-state index is 0.429. The van der Waals surface area contributed by atoms with Gasteiger partial charge in [-0.2, -0.15) is 0 Å². The molecule has 4 nitrogen and oxygen atoms in total. The summed E-state index contributed by atoms with van der Waals surface area (Å²) in [5, 5.41) is 16.7. The van der Waals surface area contributed by atoms with Crippen LogP contribution in [0, 0.1) is 13.8 Å². The van der Waals surface area contributed by atoms with Crippen LogP contribution in [0.1, 0.15) is 33.9 Å². The third kappa shape index (κ3) is 5.69. The van der Waals surface area contributed by atoms with Crippen LogP contribution in [-0.4, -0.2) is 24.2 Å². The van der Waals surface area contributed by atoms with Crippen molar-refractivity contribution in [3.8, 4) is 0 Å². The molecule has 1 aromatic heterocycles. The summed E-state index contributed by atoms with van der Waals surface area (Å²) in [6.07, 6.45) is -0.552. The molecule has 1 heterocycles. The summed E-state index contributed by atoms with van der Waals surface area (Å²) >= 11 is 1.76. The van der Waals surface area contributed by atoms with E-state index in [4.69, 9.17) is 0 Å². The predicted octanol–water partition coefficient (Wildman–Crippen LogP) is 3.15. The second-order valence-corrected chi connectivity index (χ2v) is 6.89. The highest BCUT2D eigenvalue weighted by atomic mass is 32.1. The highest BCUT2D eigenvalue weighted by molar-refractivity contribution is 7.11. The minimum atomic E-state index is -0.552. The molecule has 0 radical (unpaired) electrons. The monoisotopic (exact) mass is 331 g/mol. The highest BCUT2D eigenvalue weighted by Gasteiger charge is 2.08. The number of nitrogens with zero attached hydrogens (tertiary/aromatic N) is 1. The summed E-state index contributed by atoms with van der Waals surface area (Å²) in [6.45, 7) is 8.03. The Morgan fingerprint density at radius 3 is 2.48 bits per heavy atom. The van der Waals surface area contributed by atoms with Crippen LogP contribution in [0.3, 0.4) is 0 Å². The maximum absolute atomic E-state index is 10.3. The second-order valence-electron chi connectivity index (χ2n) is 5.51. The average molecular weight is 331 g/mol.